The monoisotopic (exact) mass is 386 g/mol. The summed E-state index contributed by atoms with van der Waals surface area (Å²) in [6.07, 6.45) is 7.38. The number of benzene rings is 2. The Kier molecular flexibility index (Phi) is 5.84. The molecule has 1 N–H and O–H groups in total. The van der Waals surface area contributed by atoms with Crippen LogP contribution in [0.2, 0.25) is 0 Å². The lowest BCUT2D eigenvalue weighted by Crippen LogP contribution is -2.30. The fourth-order valence-electron chi connectivity index (χ4n) is 3.65. The lowest BCUT2D eigenvalue weighted by atomic mass is 10.1. The van der Waals surface area contributed by atoms with E-state index in [1.807, 2.05) is 54.9 Å². The Balaban J connectivity index is 1.45. The average molecular weight is 386 g/mol. The highest BCUT2D eigenvalue weighted by atomic mass is 16.1. The molecule has 3 aromatic rings. The van der Waals surface area contributed by atoms with Crippen LogP contribution in [-0.4, -0.2) is 29.0 Å². The molecular weight excluding hydrogens is 360 g/mol. The second-order valence-corrected chi connectivity index (χ2v) is 7.51. The number of rotatable bonds is 5. The Bertz CT molecular complexity index is 978. The van der Waals surface area contributed by atoms with Crippen LogP contribution in [0, 0.1) is 6.92 Å². The number of hydrogen-bond donors (Lipinski definition) is 1. The maximum atomic E-state index is 12.6. The molecule has 0 unspecified atom stereocenters. The molecule has 1 saturated heterocycles. The highest BCUT2D eigenvalue weighted by molar-refractivity contribution is 5.95. The molecule has 1 aliphatic heterocycles. The fourth-order valence-corrected chi connectivity index (χ4v) is 3.65. The van der Waals surface area contributed by atoms with E-state index in [2.05, 4.69) is 33.2 Å². The van der Waals surface area contributed by atoms with Crippen LogP contribution in [0.3, 0.4) is 0 Å². The molecule has 29 heavy (non-hydrogen) atoms. The van der Waals surface area contributed by atoms with Crippen molar-refractivity contribution in [2.75, 3.05) is 18.0 Å². The van der Waals surface area contributed by atoms with Crippen molar-refractivity contribution in [1.82, 2.24) is 15.3 Å². The van der Waals surface area contributed by atoms with Crippen LogP contribution < -0.4 is 10.2 Å². The number of hydrogen-bond acceptors (Lipinski definition) is 4. The Morgan fingerprint density at radius 2 is 1.72 bits per heavy atom. The third-order valence-electron chi connectivity index (χ3n) is 5.44. The first-order chi connectivity index (χ1) is 14.2. The second kappa shape index (κ2) is 8.86. The molecule has 148 valence electrons. The molecule has 2 aromatic carbocycles. The van der Waals surface area contributed by atoms with Crippen molar-refractivity contribution in [3.8, 4) is 11.1 Å². The number of anilines is 1. The van der Waals surface area contributed by atoms with Crippen molar-refractivity contribution in [1.29, 1.82) is 0 Å². The van der Waals surface area contributed by atoms with Crippen LogP contribution in [0.25, 0.3) is 11.1 Å². The SMILES string of the molecule is Cc1ccccc1CNC(=O)c1cccc(-c2cnc(N3CCCCC3)nc2)c1. The first-order valence-electron chi connectivity index (χ1n) is 10.2. The molecule has 1 aliphatic rings. The molecular formula is C24H26N4O. The van der Waals surface area contributed by atoms with Crippen molar-refractivity contribution >= 4 is 11.9 Å². The molecule has 0 aliphatic carbocycles. The number of carbonyl (C=O) groups excluding carboxylic acids is 1. The lowest BCUT2D eigenvalue weighted by molar-refractivity contribution is 0.0951. The number of nitrogens with zero attached hydrogens (tertiary/aromatic N) is 3. The number of aromatic nitrogens is 2. The van der Waals surface area contributed by atoms with Crippen molar-refractivity contribution in [3.63, 3.8) is 0 Å². The maximum Gasteiger partial charge on any atom is 0.251 e. The zero-order chi connectivity index (χ0) is 20.1. The molecule has 0 spiro atoms. The van der Waals surface area contributed by atoms with Gasteiger partial charge in [-0.15, -0.1) is 0 Å². The van der Waals surface area contributed by atoms with Crippen LogP contribution in [0.1, 0.15) is 40.7 Å². The molecule has 0 atom stereocenters. The number of piperidine rings is 1. The van der Waals surface area contributed by atoms with E-state index in [1.54, 1.807) is 0 Å². The minimum Gasteiger partial charge on any atom is -0.348 e. The summed E-state index contributed by atoms with van der Waals surface area (Å²) in [5.74, 6) is 0.710. The van der Waals surface area contributed by atoms with Gasteiger partial charge < -0.3 is 10.2 Å². The summed E-state index contributed by atoms with van der Waals surface area (Å²) in [5.41, 5.74) is 4.79. The van der Waals surface area contributed by atoms with Crippen LogP contribution >= 0.6 is 0 Å². The van der Waals surface area contributed by atoms with Gasteiger partial charge in [0.2, 0.25) is 5.95 Å². The molecule has 5 heteroatoms. The standard InChI is InChI=1S/C24H26N4O/c1-18-8-3-4-9-21(18)15-25-23(29)20-11-7-10-19(14-20)22-16-26-24(27-17-22)28-12-5-2-6-13-28/h3-4,7-11,14,16-17H,2,5-6,12-13,15H2,1H3,(H,25,29). The Hall–Kier alpha value is -3.21. The molecule has 4 rings (SSSR count). The predicted molar refractivity (Wildman–Crippen MR) is 116 cm³/mol. The maximum absolute atomic E-state index is 12.6. The van der Waals surface area contributed by atoms with E-state index in [0.717, 1.165) is 35.7 Å². The minimum atomic E-state index is -0.0824. The summed E-state index contributed by atoms with van der Waals surface area (Å²) in [7, 11) is 0. The molecule has 1 amide bonds. The van der Waals surface area contributed by atoms with Gasteiger partial charge in [0.15, 0.2) is 0 Å². The third kappa shape index (κ3) is 4.62. The third-order valence-corrected chi connectivity index (χ3v) is 5.44. The molecule has 0 bridgehead atoms. The Labute approximate surface area is 171 Å². The van der Waals surface area contributed by atoms with Gasteiger partial charge in [-0.25, -0.2) is 9.97 Å². The Morgan fingerprint density at radius 1 is 0.966 bits per heavy atom. The number of carbonyl (C=O) groups is 1. The van der Waals surface area contributed by atoms with Gasteiger partial charge in [-0.1, -0.05) is 36.4 Å². The Morgan fingerprint density at radius 3 is 2.48 bits per heavy atom. The summed E-state index contributed by atoms with van der Waals surface area (Å²) in [6.45, 7) is 4.62. The molecule has 2 heterocycles. The first-order valence-corrected chi connectivity index (χ1v) is 10.2. The molecule has 5 nitrogen and oxygen atoms in total. The summed E-state index contributed by atoms with van der Waals surface area (Å²) in [4.78, 5) is 24.0. The fraction of sp³-hybridized carbons (Fsp3) is 0.292. The van der Waals surface area contributed by atoms with Gasteiger partial charge in [-0.3, -0.25) is 4.79 Å². The van der Waals surface area contributed by atoms with Crippen molar-refractivity contribution in [3.05, 3.63) is 77.6 Å². The smallest absolute Gasteiger partial charge is 0.251 e. The van der Waals surface area contributed by atoms with Gasteiger partial charge >= 0.3 is 0 Å². The zero-order valence-electron chi connectivity index (χ0n) is 16.8. The van der Waals surface area contributed by atoms with Crippen LogP contribution in [-0.2, 0) is 6.54 Å². The molecule has 1 fully saturated rings. The van der Waals surface area contributed by atoms with Gasteiger partial charge in [0.25, 0.3) is 5.91 Å². The summed E-state index contributed by atoms with van der Waals surface area (Å²) >= 11 is 0. The number of amides is 1. The summed E-state index contributed by atoms with van der Waals surface area (Å²) < 4.78 is 0. The van der Waals surface area contributed by atoms with E-state index in [1.165, 1.54) is 24.8 Å². The van der Waals surface area contributed by atoms with Crippen molar-refractivity contribution in [2.24, 2.45) is 0 Å². The molecule has 1 aromatic heterocycles. The van der Waals surface area contributed by atoms with Crippen molar-refractivity contribution in [2.45, 2.75) is 32.7 Å². The average Bonchev–Trinajstić information content (AvgIpc) is 2.79. The summed E-state index contributed by atoms with van der Waals surface area (Å²) in [5, 5.41) is 3.01. The highest BCUT2D eigenvalue weighted by Gasteiger charge is 2.14. The van der Waals surface area contributed by atoms with E-state index in [0.29, 0.717) is 12.1 Å². The predicted octanol–water partition coefficient (Wildman–Crippen LogP) is 4.37. The largest absolute Gasteiger partial charge is 0.348 e. The highest BCUT2D eigenvalue weighted by Crippen LogP contribution is 2.22. The van der Waals surface area contributed by atoms with Gasteiger partial charge in [0, 0.05) is 43.2 Å². The quantitative estimate of drug-likeness (QED) is 0.707. The molecule has 0 saturated carbocycles. The first kappa shape index (κ1) is 19.1. The number of aryl methyl sites for hydroxylation is 1. The van der Waals surface area contributed by atoms with Crippen LogP contribution in [0.5, 0.6) is 0 Å². The van der Waals surface area contributed by atoms with E-state index in [-0.39, 0.29) is 5.91 Å². The van der Waals surface area contributed by atoms with Crippen LogP contribution in [0.15, 0.2) is 60.9 Å². The zero-order valence-corrected chi connectivity index (χ0v) is 16.8. The van der Waals surface area contributed by atoms with E-state index in [9.17, 15) is 4.79 Å². The molecule has 0 radical (unpaired) electrons. The van der Waals surface area contributed by atoms with Crippen molar-refractivity contribution < 1.29 is 4.79 Å². The normalized spacial score (nSPS) is 13.9. The topological polar surface area (TPSA) is 58.1 Å². The van der Waals surface area contributed by atoms with E-state index in [4.69, 9.17) is 0 Å². The van der Waals surface area contributed by atoms with Crippen LogP contribution in [0.4, 0.5) is 5.95 Å². The van der Waals surface area contributed by atoms with E-state index < -0.39 is 0 Å². The van der Waals surface area contributed by atoms with Gasteiger partial charge in [-0.05, 0) is 55.0 Å². The van der Waals surface area contributed by atoms with Gasteiger partial charge in [0.1, 0.15) is 0 Å². The minimum absolute atomic E-state index is 0.0824. The summed E-state index contributed by atoms with van der Waals surface area (Å²) in [6, 6.07) is 15.7. The van der Waals surface area contributed by atoms with E-state index >= 15 is 0 Å². The van der Waals surface area contributed by atoms with Gasteiger partial charge in [-0.2, -0.15) is 0 Å². The lowest BCUT2D eigenvalue weighted by Gasteiger charge is -2.26. The second-order valence-electron chi connectivity index (χ2n) is 7.51. The number of nitrogens with one attached hydrogen (secondary N) is 1. The van der Waals surface area contributed by atoms with Gasteiger partial charge in [0.05, 0.1) is 0 Å².